The SMILES string of the molecule is COC(=O)c1[nH]c(C)c(/C(O)=C2\C(=O)C(=O)N(CCCN(C)C)[C@@H]2c2cc(OC)ccc2OC)c1C. The smallest absolute Gasteiger partial charge is 0.354 e. The fourth-order valence-corrected chi connectivity index (χ4v) is 4.59. The number of likely N-dealkylation sites (tertiary alicyclic amines) is 1. The monoisotopic (exact) mass is 499 g/mol. The van der Waals surface area contributed by atoms with Crippen molar-refractivity contribution >= 4 is 23.4 Å². The molecule has 10 heteroatoms. The molecule has 0 bridgehead atoms. The number of ether oxygens (including phenoxy) is 3. The van der Waals surface area contributed by atoms with Crippen molar-refractivity contribution < 1.29 is 33.7 Å². The molecule has 1 amide bonds. The van der Waals surface area contributed by atoms with Crippen LogP contribution in [-0.4, -0.2) is 86.1 Å². The number of esters is 1. The number of aromatic nitrogens is 1. The third-order valence-corrected chi connectivity index (χ3v) is 6.34. The quantitative estimate of drug-likeness (QED) is 0.234. The first-order valence-corrected chi connectivity index (χ1v) is 11.5. The lowest BCUT2D eigenvalue weighted by molar-refractivity contribution is -0.140. The minimum atomic E-state index is -0.924. The Kier molecular flexibility index (Phi) is 8.09. The zero-order valence-corrected chi connectivity index (χ0v) is 21.7. The lowest BCUT2D eigenvalue weighted by atomic mass is 9.93. The number of aliphatic hydroxyl groups is 1. The highest BCUT2D eigenvalue weighted by atomic mass is 16.5. The number of benzene rings is 1. The molecule has 1 aromatic heterocycles. The van der Waals surface area contributed by atoms with Gasteiger partial charge in [-0.3, -0.25) is 9.59 Å². The van der Waals surface area contributed by atoms with Crippen LogP contribution in [0.4, 0.5) is 0 Å². The first kappa shape index (κ1) is 26.8. The summed E-state index contributed by atoms with van der Waals surface area (Å²) in [6.07, 6.45) is 0.609. The van der Waals surface area contributed by atoms with Gasteiger partial charge in [-0.1, -0.05) is 0 Å². The van der Waals surface area contributed by atoms with E-state index in [-0.39, 0.29) is 29.1 Å². The molecule has 194 valence electrons. The molecule has 2 aromatic rings. The topological polar surface area (TPSA) is 121 Å². The van der Waals surface area contributed by atoms with Crippen molar-refractivity contribution in [2.75, 3.05) is 48.5 Å². The second-order valence-corrected chi connectivity index (χ2v) is 8.87. The number of aryl methyl sites for hydroxylation is 1. The van der Waals surface area contributed by atoms with E-state index in [1.54, 1.807) is 32.0 Å². The van der Waals surface area contributed by atoms with Gasteiger partial charge in [-0.15, -0.1) is 0 Å². The van der Waals surface area contributed by atoms with E-state index in [1.807, 2.05) is 19.0 Å². The highest BCUT2D eigenvalue weighted by Crippen LogP contribution is 2.44. The van der Waals surface area contributed by atoms with Crippen LogP contribution in [0.15, 0.2) is 23.8 Å². The molecule has 1 fully saturated rings. The molecule has 2 heterocycles. The summed E-state index contributed by atoms with van der Waals surface area (Å²) in [7, 11) is 8.11. The van der Waals surface area contributed by atoms with Crippen molar-refractivity contribution in [3.63, 3.8) is 0 Å². The number of H-pyrrole nitrogens is 1. The molecule has 0 spiro atoms. The standard InChI is InChI=1S/C26H33N3O7/c1-14-19(15(2)27-21(14)26(33)36-7)23(30)20-22(17-13-16(34-5)9-10-18(17)35-6)29(25(32)24(20)31)12-8-11-28(3)4/h9-10,13,22,27,30H,8,11-12H2,1-7H3/b23-20+/t22-/m1/s1. The van der Waals surface area contributed by atoms with Gasteiger partial charge in [0.15, 0.2) is 0 Å². The maximum absolute atomic E-state index is 13.4. The molecule has 1 aliphatic rings. The molecule has 36 heavy (non-hydrogen) atoms. The van der Waals surface area contributed by atoms with Crippen molar-refractivity contribution in [1.29, 1.82) is 0 Å². The van der Waals surface area contributed by atoms with Gasteiger partial charge in [0.1, 0.15) is 23.0 Å². The maximum Gasteiger partial charge on any atom is 0.354 e. The maximum atomic E-state index is 13.4. The first-order valence-electron chi connectivity index (χ1n) is 11.5. The Morgan fingerprint density at radius 1 is 1.14 bits per heavy atom. The lowest BCUT2D eigenvalue weighted by Crippen LogP contribution is -2.32. The number of ketones is 1. The summed E-state index contributed by atoms with van der Waals surface area (Å²) >= 11 is 0. The van der Waals surface area contributed by atoms with Crippen LogP contribution in [0.25, 0.3) is 5.76 Å². The van der Waals surface area contributed by atoms with E-state index in [4.69, 9.17) is 14.2 Å². The van der Waals surface area contributed by atoms with E-state index in [0.717, 1.165) is 0 Å². The van der Waals surface area contributed by atoms with Crippen molar-refractivity contribution in [1.82, 2.24) is 14.8 Å². The molecule has 0 aliphatic carbocycles. The van der Waals surface area contributed by atoms with Crippen molar-refractivity contribution in [3.05, 3.63) is 51.9 Å². The Morgan fingerprint density at radius 3 is 2.42 bits per heavy atom. The Balaban J connectivity index is 2.27. The van der Waals surface area contributed by atoms with Crippen LogP contribution in [0.2, 0.25) is 0 Å². The lowest BCUT2D eigenvalue weighted by Gasteiger charge is -2.27. The molecular formula is C26H33N3O7. The van der Waals surface area contributed by atoms with Crippen LogP contribution in [0, 0.1) is 13.8 Å². The predicted molar refractivity (Wildman–Crippen MR) is 133 cm³/mol. The molecule has 1 aromatic carbocycles. The van der Waals surface area contributed by atoms with E-state index in [2.05, 4.69) is 4.98 Å². The highest BCUT2D eigenvalue weighted by molar-refractivity contribution is 6.46. The number of nitrogens with zero attached hydrogens (tertiary/aromatic N) is 2. The fraction of sp³-hybridized carbons (Fsp3) is 0.423. The van der Waals surface area contributed by atoms with Crippen LogP contribution >= 0.6 is 0 Å². The van der Waals surface area contributed by atoms with E-state index in [9.17, 15) is 19.5 Å². The van der Waals surface area contributed by atoms with Crippen LogP contribution in [0.5, 0.6) is 11.5 Å². The number of nitrogens with one attached hydrogen (secondary N) is 1. The third kappa shape index (κ3) is 4.81. The van der Waals surface area contributed by atoms with Gasteiger partial charge in [-0.2, -0.15) is 0 Å². The van der Waals surface area contributed by atoms with E-state index >= 15 is 0 Å². The predicted octanol–water partition coefficient (Wildman–Crippen LogP) is 2.81. The van der Waals surface area contributed by atoms with Gasteiger partial charge in [-0.05, 0) is 64.7 Å². The molecule has 0 unspecified atom stereocenters. The fourth-order valence-electron chi connectivity index (χ4n) is 4.59. The van der Waals surface area contributed by atoms with Crippen molar-refractivity contribution in [2.24, 2.45) is 0 Å². The Bertz CT molecular complexity index is 1210. The van der Waals surface area contributed by atoms with Gasteiger partial charge in [0.05, 0.1) is 32.9 Å². The molecule has 1 aliphatic heterocycles. The number of Topliss-reactive ketones (excluding diaryl/α,β-unsaturated/α-hetero) is 1. The second-order valence-electron chi connectivity index (χ2n) is 8.87. The third-order valence-electron chi connectivity index (χ3n) is 6.34. The highest BCUT2D eigenvalue weighted by Gasteiger charge is 2.47. The molecule has 10 nitrogen and oxygen atoms in total. The zero-order chi connectivity index (χ0) is 26.7. The van der Waals surface area contributed by atoms with Crippen molar-refractivity contribution in [3.8, 4) is 11.5 Å². The number of carbonyl (C=O) groups excluding carboxylic acids is 3. The van der Waals surface area contributed by atoms with Crippen LogP contribution in [0.1, 0.15) is 45.3 Å². The van der Waals surface area contributed by atoms with Gasteiger partial charge < -0.3 is 34.1 Å². The average Bonchev–Trinajstić information content (AvgIpc) is 3.29. The van der Waals surface area contributed by atoms with Crippen molar-refractivity contribution in [2.45, 2.75) is 26.3 Å². The number of amides is 1. The molecule has 1 atom stereocenters. The largest absolute Gasteiger partial charge is 0.507 e. The summed E-state index contributed by atoms with van der Waals surface area (Å²) in [5, 5.41) is 11.5. The van der Waals surface area contributed by atoms with Crippen LogP contribution < -0.4 is 9.47 Å². The van der Waals surface area contributed by atoms with E-state index in [0.29, 0.717) is 41.3 Å². The minimum Gasteiger partial charge on any atom is -0.507 e. The Morgan fingerprint density at radius 2 is 1.83 bits per heavy atom. The summed E-state index contributed by atoms with van der Waals surface area (Å²) in [6.45, 7) is 4.29. The van der Waals surface area contributed by atoms with Gasteiger partial charge in [-0.25, -0.2) is 4.79 Å². The van der Waals surface area contributed by atoms with Gasteiger partial charge in [0, 0.05) is 23.4 Å². The molecule has 0 radical (unpaired) electrons. The van der Waals surface area contributed by atoms with Crippen LogP contribution in [0.3, 0.4) is 0 Å². The molecule has 2 N–H and O–H groups in total. The Labute approximate surface area is 210 Å². The number of hydrogen-bond donors (Lipinski definition) is 2. The normalized spacial score (nSPS) is 17.1. The Hall–Kier alpha value is -3.79. The summed E-state index contributed by atoms with van der Waals surface area (Å²) < 4.78 is 15.8. The van der Waals surface area contributed by atoms with E-state index < -0.39 is 23.7 Å². The summed E-state index contributed by atoms with van der Waals surface area (Å²) in [4.78, 5) is 45.2. The molecule has 1 saturated heterocycles. The zero-order valence-electron chi connectivity index (χ0n) is 21.7. The summed E-state index contributed by atoms with van der Waals surface area (Å²) in [5.74, 6) is -1.57. The van der Waals surface area contributed by atoms with E-state index in [1.165, 1.54) is 26.2 Å². The number of aliphatic hydroxyl groups excluding tert-OH is 1. The number of hydrogen-bond acceptors (Lipinski definition) is 8. The average molecular weight is 500 g/mol. The van der Waals surface area contributed by atoms with Crippen LogP contribution in [-0.2, 0) is 14.3 Å². The summed E-state index contributed by atoms with van der Waals surface area (Å²) in [5.41, 5.74) is 1.72. The summed E-state index contributed by atoms with van der Waals surface area (Å²) in [6, 6.07) is 4.17. The molecule has 3 rings (SSSR count). The number of rotatable bonds is 9. The number of methoxy groups -OCH3 is 3. The number of carbonyl (C=O) groups is 3. The molecule has 0 saturated carbocycles. The minimum absolute atomic E-state index is 0.0852. The van der Waals surface area contributed by atoms with Gasteiger partial charge in [0.2, 0.25) is 0 Å². The second kappa shape index (κ2) is 10.9. The van der Waals surface area contributed by atoms with Gasteiger partial charge in [0.25, 0.3) is 11.7 Å². The first-order chi connectivity index (χ1) is 17.1. The number of aromatic amines is 1. The molecular weight excluding hydrogens is 466 g/mol. The van der Waals surface area contributed by atoms with Gasteiger partial charge >= 0.3 is 5.97 Å².